The molecule has 4 nitrogen and oxygen atoms in total. The standard InChI is InChI=1S/C17H26N2O2/c1-4-5-11-16(17(20)21-18-14-19(2)3)13-12-15-9-7-6-8-10-15/h6-10,14,16H,4-5,11-13H2,1-3H3. The van der Waals surface area contributed by atoms with Gasteiger partial charge in [0.1, 0.15) is 6.34 Å². The molecule has 0 fully saturated rings. The molecule has 0 N–H and O–H groups in total. The van der Waals surface area contributed by atoms with Gasteiger partial charge in [-0.2, -0.15) is 0 Å². The van der Waals surface area contributed by atoms with E-state index in [2.05, 4.69) is 24.2 Å². The minimum atomic E-state index is -0.225. The van der Waals surface area contributed by atoms with Crippen LogP contribution in [0.25, 0.3) is 0 Å². The van der Waals surface area contributed by atoms with Gasteiger partial charge in [0.25, 0.3) is 0 Å². The number of carbonyl (C=O) groups is 1. The second kappa shape index (κ2) is 9.97. The predicted molar refractivity (Wildman–Crippen MR) is 86.0 cm³/mol. The fraction of sp³-hybridized carbons (Fsp3) is 0.529. The monoisotopic (exact) mass is 290 g/mol. The van der Waals surface area contributed by atoms with Crippen LogP contribution in [-0.4, -0.2) is 31.3 Å². The van der Waals surface area contributed by atoms with E-state index in [4.69, 9.17) is 4.84 Å². The second-order valence-corrected chi connectivity index (χ2v) is 5.46. The van der Waals surface area contributed by atoms with Gasteiger partial charge in [0.05, 0.1) is 5.92 Å². The van der Waals surface area contributed by atoms with Crippen LogP contribution in [0.15, 0.2) is 35.5 Å². The maximum Gasteiger partial charge on any atom is 0.338 e. The summed E-state index contributed by atoms with van der Waals surface area (Å²) in [7, 11) is 3.67. The summed E-state index contributed by atoms with van der Waals surface area (Å²) in [6.07, 6.45) is 6.16. The molecular weight excluding hydrogens is 264 g/mol. The molecule has 0 heterocycles. The van der Waals surface area contributed by atoms with Crippen molar-refractivity contribution in [3.8, 4) is 0 Å². The van der Waals surface area contributed by atoms with Crippen molar-refractivity contribution < 1.29 is 9.63 Å². The molecule has 4 heteroatoms. The van der Waals surface area contributed by atoms with E-state index in [9.17, 15) is 4.79 Å². The van der Waals surface area contributed by atoms with E-state index in [0.717, 1.165) is 32.1 Å². The Kier molecular flexibility index (Phi) is 8.17. The molecule has 1 aromatic carbocycles. The van der Waals surface area contributed by atoms with Gasteiger partial charge < -0.3 is 9.74 Å². The molecule has 0 aliphatic rings. The van der Waals surface area contributed by atoms with Gasteiger partial charge in [-0.25, -0.2) is 4.79 Å². The quantitative estimate of drug-likeness (QED) is 0.303. The summed E-state index contributed by atoms with van der Waals surface area (Å²) in [5.74, 6) is -0.304. The van der Waals surface area contributed by atoms with Crippen LogP contribution in [0, 0.1) is 5.92 Å². The molecule has 0 spiro atoms. The minimum Gasteiger partial charge on any atom is -0.366 e. The van der Waals surface area contributed by atoms with Gasteiger partial charge in [0.15, 0.2) is 0 Å². The molecule has 0 radical (unpaired) electrons. The third-order valence-corrected chi connectivity index (χ3v) is 3.28. The van der Waals surface area contributed by atoms with Crippen LogP contribution >= 0.6 is 0 Å². The normalized spacial score (nSPS) is 12.3. The van der Waals surface area contributed by atoms with E-state index < -0.39 is 0 Å². The Morgan fingerprint density at radius 2 is 2.00 bits per heavy atom. The number of hydrogen-bond acceptors (Lipinski definition) is 3. The van der Waals surface area contributed by atoms with Gasteiger partial charge in [0.2, 0.25) is 0 Å². The molecule has 1 rings (SSSR count). The lowest BCUT2D eigenvalue weighted by atomic mass is 9.94. The molecule has 21 heavy (non-hydrogen) atoms. The number of benzene rings is 1. The van der Waals surface area contributed by atoms with Gasteiger partial charge in [-0.05, 0) is 24.8 Å². The van der Waals surface area contributed by atoms with Crippen molar-refractivity contribution in [2.75, 3.05) is 14.1 Å². The Labute approximate surface area is 127 Å². The first-order valence-electron chi connectivity index (χ1n) is 7.58. The van der Waals surface area contributed by atoms with Gasteiger partial charge in [-0.15, -0.1) is 0 Å². The molecule has 0 saturated heterocycles. The van der Waals surface area contributed by atoms with E-state index in [1.165, 1.54) is 11.9 Å². The Bertz CT molecular complexity index is 430. The maximum absolute atomic E-state index is 12.1. The predicted octanol–water partition coefficient (Wildman–Crippen LogP) is 3.47. The second-order valence-electron chi connectivity index (χ2n) is 5.46. The number of rotatable bonds is 9. The van der Waals surface area contributed by atoms with Crippen molar-refractivity contribution in [3.63, 3.8) is 0 Å². The highest BCUT2D eigenvalue weighted by atomic mass is 16.7. The van der Waals surface area contributed by atoms with Gasteiger partial charge >= 0.3 is 5.97 Å². The zero-order valence-corrected chi connectivity index (χ0v) is 13.3. The molecule has 0 amide bonds. The lowest BCUT2D eigenvalue weighted by Crippen LogP contribution is -2.18. The summed E-state index contributed by atoms with van der Waals surface area (Å²) in [5, 5.41) is 3.71. The lowest BCUT2D eigenvalue weighted by molar-refractivity contribution is -0.149. The number of carbonyl (C=O) groups excluding carboxylic acids is 1. The largest absolute Gasteiger partial charge is 0.366 e. The number of oxime groups is 1. The van der Waals surface area contributed by atoms with Gasteiger partial charge in [-0.3, -0.25) is 0 Å². The van der Waals surface area contributed by atoms with Gasteiger partial charge in [0, 0.05) is 14.1 Å². The summed E-state index contributed by atoms with van der Waals surface area (Å²) >= 11 is 0. The first-order chi connectivity index (χ1) is 10.1. The molecule has 0 aliphatic carbocycles. The van der Waals surface area contributed by atoms with Crippen molar-refractivity contribution in [3.05, 3.63) is 35.9 Å². The Morgan fingerprint density at radius 3 is 2.62 bits per heavy atom. The van der Waals surface area contributed by atoms with Crippen LogP contribution in [0.5, 0.6) is 0 Å². The Morgan fingerprint density at radius 1 is 1.29 bits per heavy atom. The Balaban J connectivity index is 2.51. The van der Waals surface area contributed by atoms with Crippen LogP contribution < -0.4 is 0 Å². The topological polar surface area (TPSA) is 41.9 Å². The highest BCUT2D eigenvalue weighted by Gasteiger charge is 2.19. The first-order valence-corrected chi connectivity index (χ1v) is 7.58. The Hall–Kier alpha value is -1.84. The summed E-state index contributed by atoms with van der Waals surface area (Å²) < 4.78 is 0. The van der Waals surface area contributed by atoms with E-state index in [1.807, 2.05) is 32.3 Å². The smallest absolute Gasteiger partial charge is 0.338 e. The molecule has 1 atom stereocenters. The number of hydrogen-bond donors (Lipinski definition) is 0. The zero-order valence-electron chi connectivity index (χ0n) is 13.3. The third kappa shape index (κ3) is 7.49. The molecule has 0 aromatic heterocycles. The zero-order chi connectivity index (χ0) is 15.5. The molecule has 0 aliphatic heterocycles. The van der Waals surface area contributed by atoms with Crippen molar-refractivity contribution in [2.45, 2.75) is 39.0 Å². The third-order valence-electron chi connectivity index (χ3n) is 3.28. The van der Waals surface area contributed by atoms with Crippen molar-refractivity contribution >= 4 is 12.3 Å². The van der Waals surface area contributed by atoms with Crippen molar-refractivity contribution in [1.29, 1.82) is 0 Å². The van der Waals surface area contributed by atoms with Crippen LogP contribution in [0.3, 0.4) is 0 Å². The average molecular weight is 290 g/mol. The van der Waals surface area contributed by atoms with E-state index >= 15 is 0 Å². The number of nitrogens with zero attached hydrogens (tertiary/aromatic N) is 2. The number of aryl methyl sites for hydroxylation is 1. The lowest BCUT2D eigenvalue weighted by Gasteiger charge is -2.13. The summed E-state index contributed by atoms with van der Waals surface area (Å²) in [4.78, 5) is 18.8. The fourth-order valence-electron chi connectivity index (χ4n) is 2.06. The average Bonchev–Trinajstić information content (AvgIpc) is 2.48. The highest BCUT2D eigenvalue weighted by molar-refractivity contribution is 5.72. The fourth-order valence-corrected chi connectivity index (χ4v) is 2.06. The van der Waals surface area contributed by atoms with Crippen LogP contribution in [0.2, 0.25) is 0 Å². The van der Waals surface area contributed by atoms with E-state index in [1.54, 1.807) is 4.90 Å². The summed E-state index contributed by atoms with van der Waals surface area (Å²) in [6.45, 7) is 2.13. The SMILES string of the molecule is CCCCC(CCc1ccccc1)C(=O)ON=CN(C)C. The maximum atomic E-state index is 12.1. The molecular formula is C17H26N2O2. The minimum absolute atomic E-state index is 0.0792. The first kappa shape index (κ1) is 17.2. The molecule has 0 bridgehead atoms. The van der Waals surface area contributed by atoms with Crippen LogP contribution in [0.1, 0.15) is 38.2 Å². The molecule has 116 valence electrons. The van der Waals surface area contributed by atoms with E-state index in [-0.39, 0.29) is 11.9 Å². The summed E-state index contributed by atoms with van der Waals surface area (Å²) in [6, 6.07) is 10.2. The molecule has 0 saturated carbocycles. The van der Waals surface area contributed by atoms with Gasteiger partial charge in [-0.1, -0.05) is 55.3 Å². The van der Waals surface area contributed by atoms with Crippen LogP contribution in [-0.2, 0) is 16.1 Å². The number of unbranched alkanes of at least 4 members (excludes halogenated alkanes) is 1. The highest BCUT2D eigenvalue weighted by Crippen LogP contribution is 2.18. The molecule has 1 unspecified atom stereocenters. The van der Waals surface area contributed by atoms with Crippen molar-refractivity contribution in [1.82, 2.24) is 4.90 Å². The molecule has 1 aromatic rings. The summed E-state index contributed by atoms with van der Waals surface area (Å²) in [5.41, 5.74) is 1.25. The van der Waals surface area contributed by atoms with Crippen LogP contribution in [0.4, 0.5) is 0 Å². The van der Waals surface area contributed by atoms with Crippen molar-refractivity contribution in [2.24, 2.45) is 11.1 Å². The van der Waals surface area contributed by atoms with E-state index in [0.29, 0.717) is 0 Å².